The Morgan fingerprint density at radius 1 is 1.35 bits per heavy atom. The zero-order valence-electron chi connectivity index (χ0n) is 12.4. The molecule has 2 amide bonds. The maximum absolute atomic E-state index is 11.6. The molecule has 3 N–H and O–H groups in total. The van der Waals surface area contributed by atoms with Crippen LogP contribution in [0.4, 0.5) is 4.79 Å². The number of carbonyl (C=O) groups excluding carboxylic acids is 1. The van der Waals surface area contributed by atoms with Crippen molar-refractivity contribution in [3.8, 4) is 0 Å². The summed E-state index contributed by atoms with van der Waals surface area (Å²) in [6, 6.07) is -0.238. The Morgan fingerprint density at radius 2 is 2.10 bits per heavy atom. The molecule has 0 aromatic rings. The Bertz CT molecular complexity index is 320. The van der Waals surface area contributed by atoms with Gasteiger partial charge in [0, 0.05) is 25.8 Å². The van der Waals surface area contributed by atoms with Gasteiger partial charge in [-0.3, -0.25) is 4.79 Å². The first kappa shape index (κ1) is 16.8. The first-order valence-electron chi connectivity index (χ1n) is 7.34. The quantitative estimate of drug-likeness (QED) is 0.591. The number of carboxylic acid groups (broad SMARTS) is 1. The summed E-state index contributed by atoms with van der Waals surface area (Å²) in [4.78, 5) is 22.4. The van der Waals surface area contributed by atoms with Crippen molar-refractivity contribution < 1.29 is 19.4 Å². The molecule has 1 saturated carbocycles. The summed E-state index contributed by atoms with van der Waals surface area (Å²) >= 11 is 0. The molecule has 0 radical (unpaired) electrons. The Labute approximate surface area is 120 Å². The predicted molar refractivity (Wildman–Crippen MR) is 75.6 cm³/mol. The highest BCUT2D eigenvalue weighted by molar-refractivity contribution is 5.75. The van der Waals surface area contributed by atoms with E-state index in [1.165, 1.54) is 0 Å². The zero-order chi connectivity index (χ0) is 15.0. The Hall–Kier alpha value is -1.30. The molecule has 2 unspecified atom stereocenters. The summed E-state index contributed by atoms with van der Waals surface area (Å²) in [6.07, 6.45) is 2.69. The zero-order valence-corrected chi connectivity index (χ0v) is 12.4. The van der Waals surface area contributed by atoms with Crippen molar-refractivity contribution in [2.75, 3.05) is 19.8 Å². The summed E-state index contributed by atoms with van der Waals surface area (Å²) in [7, 11) is 0. The summed E-state index contributed by atoms with van der Waals surface area (Å²) in [5, 5.41) is 14.5. The van der Waals surface area contributed by atoms with E-state index in [0.29, 0.717) is 31.9 Å². The van der Waals surface area contributed by atoms with E-state index >= 15 is 0 Å². The van der Waals surface area contributed by atoms with Gasteiger partial charge in [0.05, 0.1) is 5.92 Å². The first-order valence-corrected chi connectivity index (χ1v) is 7.34. The van der Waals surface area contributed by atoms with Crippen LogP contribution >= 0.6 is 0 Å². The minimum Gasteiger partial charge on any atom is -0.481 e. The molecule has 2 atom stereocenters. The number of hydrogen-bond acceptors (Lipinski definition) is 3. The third-order valence-electron chi connectivity index (χ3n) is 3.32. The van der Waals surface area contributed by atoms with Gasteiger partial charge in [-0.2, -0.15) is 0 Å². The van der Waals surface area contributed by atoms with E-state index in [0.717, 1.165) is 19.4 Å². The van der Waals surface area contributed by atoms with Crippen LogP contribution in [0, 0.1) is 11.8 Å². The van der Waals surface area contributed by atoms with Crippen LogP contribution in [-0.2, 0) is 9.53 Å². The Kier molecular flexibility index (Phi) is 7.36. The van der Waals surface area contributed by atoms with Gasteiger partial charge < -0.3 is 20.5 Å². The maximum Gasteiger partial charge on any atom is 0.315 e. The minimum atomic E-state index is -0.767. The number of urea groups is 1. The first-order chi connectivity index (χ1) is 9.49. The Balaban J connectivity index is 2.02. The van der Waals surface area contributed by atoms with Crippen molar-refractivity contribution in [2.45, 2.75) is 45.6 Å². The number of amides is 2. The number of ether oxygens (including phenoxy) is 1. The van der Waals surface area contributed by atoms with Crippen LogP contribution in [0.25, 0.3) is 0 Å². The largest absolute Gasteiger partial charge is 0.481 e. The molecule has 1 fully saturated rings. The van der Waals surface area contributed by atoms with Crippen LogP contribution in [0.5, 0.6) is 0 Å². The summed E-state index contributed by atoms with van der Waals surface area (Å²) in [6.45, 7) is 6.14. The van der Waals surface area contributed by atoms with Crippen LogP contribution in [0.2, 0.25) is 0 Å². The summed E-state index contributed by atoms with van der Waals surface area (Å²) in [5.41, 5.74) is 0. The number of nitrogens with one attached hydrogen (secondary N) is 2. The molecular weight excluding hydrogens is 260 g/mol. The average molecular weight is 286 g/mol. The van der Waals surface area contributed by atoms with Crippen molar-refractivity contribution in [1.29, 1.82) is 0 Å². The summed E-state index contributed by atoms with van der Waals surface area (Å²) in [5.74, 6) is -0.558. The van der Waals surface area contributed by atoms with Crippen molar-refractivity contribution in [2.24, 2.45) is 11.8 Å². The molecule has 0 aliphatic heterocycles. The van der Waals surface area contributed by atoms with Gasteiger partial charge in [-0.25, -0.2) is 4.79 Å². The SMILES string of the molecule is CC(C)COCCCNC(=O)NC1CCC(C(=O)O)C1. The highest BCUT2D eigenvalue weighted by atomic mass is 16.5. The van der Waals surface area contributed by atoms with Crippen molar-refractivity contribution in [3.05, 3.63) is 0 Å². The van der Waals surface area contributed by atoms with Crippen molar-refractivity contribution >= 4 is 12.0 Å². The maximum atomic E-state index is 11.6. The molecular formula is C14H26N2O4. The van der Waals surface area contributed by atoms with Crippen LogP contribution in [0.15, 0.2) is 0 Å². The second kappa shape index (κ2) is 8.79. The monoisotopic (exact) mass is 286 g/mol. The van der Waals surface area contributed by atoms with Crippen molar-refractivity contribution in [3.63, 3.8) is 0 Å². The molecule has 6 nitrogen and oxygen atoms in total. The van der Waals surface area contributed by atoms with E-state index in [1.54, 1.807) is 0 Å². The van der Waals surface area contributed by atoms with E-state index in [9.17, 15) is 9.59 Å². The number of carboxylic acids is 1. The van der Waals surface area contributed by atoms with E-state index in [1.807, 2.05) is 0 Å². The van der Waals surface area contributed by atoms with Gasteiger partial charge in [-0.1, -0.05) is 13.8 Å². The lowest BCUT2D eigenvalue weighted by molar-refractivity contribution is -0.141. The van der Waals surface area contributed by atoms with E-state index < -0.39 is 5.97 Å². The highest BCUT2D eigenvalue weighted by Crippen LogP contribution is 2.25. The van der Waals surface area contributed by atoms with Crippen LogP contribution in [0.3, 0.4) is 0 Å². The van der Waals surface area contributed by atoms with Gasteiger partial charge in [-0.15, -0.1) is 0 Å². The van der Waals surface area contributed by atoms with Gasteiger partial charge in [0.15, 0.2) is 0 Å². The second-order valence-corrected chi connectivity index (χ2v) is 5.77. The molecule has 0 saturated heterocycles. The van der Waals surface area contributed by atoms with Crippen molar-refractivity contribution in [1.82, 2.24) is 10.6 Å². The molecule has 116 valence electrons. The number of hydrogen-bond donors (Lipinski definition) is 3. The van der Waals surface area contributed by atoms with Gasteiger partial charge >= 0.3 is 12.0 Å². The smallest absolute Gasteiger partial charge is 0.315 e. The molecule has 1 rings (SSSR count). The van der Waals surface area contributed by atoms with Crippen LogP contribution in [0.1, 0.15) is 39.5 Å². The van der Waals surface area contributed by atoms with E-state index in [2.05, 4.69) is 24.5 Å². The molecule has 6 heteroatoms. The number of carbonyl (C=O) groups is 2. The van der Waals surface area contributed by atoms with Gasteiger partial charge in [0.25, 0.3) is 0 Å². The average Bonchev–Trinajstić information content (AvgIpc) is 2.81. The fourth-order valence-corrected chi connectivity index (χ4v) is 2.27. The number of rotatable bonds is 8. The molecule has 1 aliphatic rings. The standard InChI is InChI=1S/C14H26N2O4/c1-10(2)9-20-7-3-6-15-14(19)16-12-5-4-11(8-12)13(17)18/h10-12H,3-9H2,1-2H3,(H,17,18)(H2,15,16,19). The normalized spacial score (nSPS) is 21.9. The van der Waals surface area contributed by atoms with Gasteiger partial charge in [0.1, 0.15) is 0 Å². The van der Waals surface area contributed by atoms with E-state index in [-0.39, 0.29) is 18.0 Å². The molecule has 0 spiro atoms. The predicted octanol–water partition coefficient (Wildman–Crippen LogP) is 1.60. The van der Waals surface area contributed by atoms with Crippen LogP contribution < -0.4 is 10.6 Å². The van der Waals surface area contributed by atoms with Crippen LogP contribution in [-0.4, -0.2) is 42.9 Å². The molecule has 0 aromatic carbocycles. The lowest BCUT2D eigenvalue weighted by Gasteiger charge is -2.13. The third kappa shape index (κ3) is 6.75. The topological polar surface area (TPSA) is 87.7 Å². The highest BCUT2D eigenvalue weighted by Gasteiger charge is 2.30. The Morgan fingerprint density at radius 3 is 2.70 bits per heavy atom. The second-order valence-electron chi connectivity index (χ2n) is 5.77. The molecule has 0 bridgehead atoms. The molecule has 1 aliphatic carbocycles. The van der Waals surface area contributed by atoms with Gasteiger partial charge in [-0.05, 0) is 31.6 Å². The minimum absolute atomic E-state index is 0.0201. The summed E-state index contributed by atoms with van der Waals surface area (Å²) < 4.78 is 5.41. The molecule has 0 heterocycles. The third-order valence-corrected chi connectivity index (χ3v) is 3.32. The lowest BCUT2D eigenvalue weighted by atomic mass is 10.1. The van der Waals surface area contributed by atoms with E-state index in [4.69, 9.17) is 9.84 Å². The fraction of sp³-hybridized carbons (Fsp3) is 0.857. The number of aliphatic carboxylic acids is 1. The molecule has 0 aromatic heterocycles. The van der Waals surface area contributed by atoms with Gasteiger partial charge in [0.2, 0.25) is 0 Å². The lowest BCUT2D eigenvalue weighted by Crippen LogP contribution is -2.41. The fourth-order valence-electron chi connectivity index (χ4n) is 2.27. The molecule has 20 heavy (non-hydrogen) atoms.